The van der Waals surface area contributed by atoms with Crippen molar-refractivity contribution in [2.45, 2.75) is 6.92 Å². The van der Waals surface area contributed by atoms with E-state index in [1.54, 1.807) is 19.1 Å². The molecule has 2 aliphatic rings. The summed E-state index contributed by atoms with van der Waals surface area (Å²) < 4.78 is 0. The van der Waals surface area contributed by atoms with Gasteiger partial charge in [-0.3, -0.25) is 14.9 Å². The van der Waals surface area contributed by atoms with E-state index in [9.17, 15) is 14.9 Å². The molecule has 1 amide bonds. The predicted octanol–water partition coefficient (Wildman–Crippen LogP) is 1.19. The summed E-state index contributed by atoms with van der Waals surface area (Å²) in [5.74, 6) is 0.960. The number of nitro benzene ring substituents is 1. The van der Waals surface area contributed by atoms with Gasteiger partial charge < -0.3 is 10.2 Å². The number of rotatable bonds is 2. The fourth-order valence-electron chi connectivity index (χ4n) is 3.14. The Morgan fingerprint density at radius 2 is 2.00 bits per heavy atom. The molecule has 2 aliphatic heterocycles. The van der Waals surface area contributed by atoms with E-state index in [1.165, 1.54) is 6.07 Å². The number of carbonyl (C=O) groups excluding carboxylic acids is 1. The van der Waals surface area contributed by atoms with Crippen molar-refractivity contribution in [1.82, 2.24) is 10.2 Å². The predicted molar refractivity (Wildman–Crippen MR) is 73.6 cm³/mol. The van der Waals surface area contributed by atoms with E-state index >= 15 is 0 Å². The molecule has 1 N–H and O–H groups in total. The number of nitro groups is 1. The van der Waals surface area contributed by atoms with Gasteiger partial charge >= 0.3 is 0 Å². The van der Waals surface area contributed by atoms with Crippen molar-refractivity contribution in [2.75, 3.05) is 26.2 Å². The van der Waals surface area contributed by atoms with Gasteiger partial charge in [-0.2, -0.15) is 0 Å². The van der Waals surface area contributed by atoms with Gasteiger partial charge in [0.1, 0.15) is 0 Å². The molecular weight excluding hydrogens is 258 g/mol. The molecule has 2 fully saturated rings. The Hall–Kier alpha value is -1.95. The molecule has 0 saturated carbocycles. The van der Waals surface area contributed by atoms with Gasteiger partial charge in [0.2, 0.25) is 0 Å². The fourth-order valence-corrected chi connectivity index (χ4v) is 3.14. The standard InChI is InChI=1S/C14H17N3O3/c1-9-2-3-10(4-13(9)17(19)20)14(18)16-7-11-5-15-6-12(11)8-16/h2-4,11-12,15H,5-8H2,1H3/t11-,12+. The Balaban J connectivity index is 1.81. The lowest BCUT2D eigenvalue weighted by atomic mass is 10.0. The number of benzene rings is 1. The summed E-state index contributed by atoms with van der Waals surface area (Å²) in [5, 5.41) is 14.3. The molecule has 0 spiro atoms. The van der Waals surface area contributed by atoms with Crippen LogP contribution in [0.5, 0.6) is 0 Å². The minimum Gasteiger partial charge on any atom is -0.338 e. The van der Waals surface area contributed by atoms with E-state index < -0.39 is 4.92 Å². The van der Waals surface area contributed by atoms with Crippen LogP contribution in [0.15, 0.2) is 18.2 Å². The van der Waals surface area contributed by atoms with Crippen molar-refractivity contribution < 1.29 is 9.72 Å². The molecule has 2 atom stereocenters. The van der Waals surface area contributed by atoms with Gasteiger partial charge in [0.05, 0.1) is 4.92 Å². The zero-order valence-electron chi connectivity index (χ0n) is 11.3. The molecule has 1 aromatic rings. The Bertz CT molecular complexity index is 561. The van der Waals surface area contributed by atoms with Crippen LogP contribution in [-0.4, -0.2) is 41.9 Å². The van der Waals surface area contributed by atoms with E-state index in [4.69, 9.17) is 0 Å². The molecule has 2 heterocycles. The van der Waals surface area contributed by atoms with Crippen molar-refractivity contribution in [3.63, 3.8) is 0 Å². The van der Waals surface area contributed by atoms with Crippen molar-refractivity contribution in [3.8, 4) is 0 Å². The first-order valence-electron chi connectivity index (χ1n) is 6.81. The summed E-state index contributed by atoms with van der Waals surface area (Å²) in [6, 6.07) is 4.71. The Kier molecular flexibility index (Phi) is 3.17. The van der Waals surface area contributed by atoms with Gasteiger partial charge in [0, 0.05) is 43.4 Å². The third kappa shape index (κ3) is 2.16. The van der Waals surface area contributed by atoms with Gasteiger partial charge in [-0.25, -0.2) is 0 Å². The highest BCUT2D eigenvalue weighted by molar-refractivity contribution is 5.95. The normalized spacial score (nSPS) is 24.8. The van der Waals surface area contributed by atoms with E-state index in [-0.39, 0.29) is 11.6 Å². The molecule has 0 aromatic heterocycles. The number of amides is 1. The molecule has 6 nitrogen and oxygen atoms in total. The molecule has 1 aromatic carbocycles. The number of likely N-dealkylation sites (tertiary alicyclic amines) is 1. The van der Waals surface area contributed by atoms with Gasteiger partial charge in [0.25, 0.3) is 11.6 Å². The fraction of sp³-hybridized carbons (Fsp3) is 0.500. The largest absolute Gasteiger partial charge is 0.338 e. The smallest absolute Gasteiger partial charge is 0.273 e. The van der Waals surface area contributed by atoms with Crippen LogP contribution in [-0.2, 0) is 0 Å². The quantitative estimate of drug-likeness (QED) is 0.650. The molecule has 0 bridgehead atoms. The molecule has 106 valence electrons. The number of nitrogens with zero attached hydrogens (tertiary/aromatic N) is 2. The minimum absolute atomic E-state index is 0.0110. The molecule has 0 unspecified atom stereocenters. The van der Waals surface area contributed by atoms with Crippen molar-refractivity contribution in [3.05, 3.63) is 39.4 Å². The highest BCUT2D eigenvalue weighted by Crippen LogP contribution is 2.28. The first kappa shape index (κ1) is 13.1. The second-order valence-corrected chi connectivity index (χ2v) is 5.65. The number of carbonyl (C=O) groups is 1. The molecule has 0 radical (unpaired) electrons. The average molecular weight is 275 g/mol. The number of fused-ring (bicyclic) bond motifs is 1. The SMILES string of the molecule is Cc1ccc(C(=O)N2C[C@H]3CNC[C@H]3C2)cc1[N+](=O)[O-]. The third-order valence-electron chi connectivity index (χ3n) is 4.33. The van der Waals surface area contributed by atoms with Crippen LogP contribution in [0.2, 0.25) is 0 Å². The van der Waals surface area contributed by atoms with Crippen molar-refractivity contribution >= 4 is 11.6 Å². The van der Waals surface area contributed by atoms with E-state index in [1.807, 2.05) is 4.90 Å². The highest BCUT2D eigenvalue weighted by Gasteiger charge is 2.38. The van der Waals surface area contributed by atoms with Gasteiger partial charge in [0.15, 0.2) is 0 Å². The van der Waals surface area contributed by atoms with E-state index in [0.717, 1.165) is 26.2 Å². The van der Waals surface area contributed by atoms with Crippen LogP contribution >= 0.6 is 0 Å². The maximum absolute atomic E-state index is 12.4. The zero-order valence-corrected chi connectivity index (χ0v) is 11.3. The number of hydrogen-bond acceptors (Lipinski definition) is 4. The van der Waals surface area contributed by atoms with Crippen LogP contribution in [0.4, 0.5) is 5.69 Å². The molecule has 2 saturated heterocycles. The zero-order chi connectivity index (χ0) is 14.3. The summed E-state index contributed by atoms with van der Waals surface area (Å²) >= 11 is 0. The first-order valence-corrected chi connectivity index (χ1v) is 6.81. The summed E-state index contributed by atoms with van der Waals surface area (Å²) in [5.41, 5.74) is 1.00. The minimum atomic E-state index is -0.436. The first-order chi connectivity index (χ1) is 9.56. The van der Waals surface area contributed by atoms with Gasteiger partial charge in [-0.15, -0.1) is 0 Å². The van der Waals surface area contributed by atoms with Gasteiger partial charge in [-0.1, -0.05) is 6.07 Å². The summed E-state index contributed by atoms with van der Waals surface area (Å²) in [4.78, 5) is 24.8. The van der Waals surface area contributed by atoms with Crippen LogP contribution in [0, 0.1) is 28.9 Å². The number of aryl methyl sites for hydroxylation is 1. The Morgan fingerprint density at radius 3 is 2.60 bits per heavy atom. The lowest BCUT2D eigenvalue weighted by molar-refractivity contribution is -0.385. The van der Waals surface area contributed by atoms with Crippen LogP contribution in [0.25, 0.3) is 0 Å². The summed E-state index contributed by atoms with van der Waals surface area (Å²) in [6.45, 7) is 5.10. The lowest BCUT2D eigenvalue weighted by Gasteiger charge is -2.17. The summed E-state index contributed by atoms with van der Waals surface area (Å²) in [6.07, 6.45) is 0. The third-order valence-corrected chi connectivity index (χ3v) is 4.33. The Labute approximate surface area is 116 Å². The monoisotopic (exact) mass is 275 g/mol. The molecule has 20 heavy (non-hydrogen) atoms. The molecule has 0 aliphatic carbocycles. The van der Waals surface area contributed by atoms with Crippen molar-refractivity contribution in [2.24, 2.45) is 11.8 Å². The average Bonchev–Trinajstić information content (AvgIpc) is 2.98. The molecule has 3 rings (SSSR count). The van der Waals surface area contributed by atoms with Crippen LogP contribution < -0.4 is 5.32 Å². The number of nitrogens with one attached hydrogen (secondary N) is 1. The highest BCUT2D eigenvalue weighted by atomic mass is 16.6. The van der Waals surface area contributed by atoms with E-state index in [2.05, 4.69) is 5.32 Å². The van der Waals surface area contributed by atoms with Crippen molar-refractivity contribution in [1.29, 1.82) is 0 Å². The summed E-state index contributed by atoms with van der Waals surface area (Å²) in [7, 11) is 0. The second kappa shape index (κ2) is 4.86. The Morgan fingerprint density at radius 1 is 1.35 bits per heavy atom. The maximum atomic E-state index is 12.4. The molecule has 6 heteroatoms. The number of hydrogen-bond donors (Lipinski definition) is 1. The maximum Gasteiger partial charge on any atom is 0.273 e. The molecular formula is C14H17N3O3. The van der Waals surface area contributed by atoms with E-state index in [0.29, 0.717) is 23.0 Å². The second-order valence-electron chi connectivity index (χ2n) is 5.65. The van der Waals surface area contributed by atoms with Crippen LogP contribution in [0.1, 0.15) is 15.9 Å². The topological polar surface area (TPSA) is 75.5 Å². The lowest BCUT2D eigenvalue weighted by Crippen LogP contribution is -2.31. The van der Waals surface area contributed by atoms with Gasteiger partial charge in [-0.05, 0) is 24.8 Å². The van der Waals surface area contributed by atoms with Crippen LogP contribution in [0.3, 0.4) is 0 Å².